The zero-order chi connectivity index (χ0) is 17.5. The van der Waals surface area contributed by atoms with Crippen molar-refractivity contribution in [3.63, 3.8) is 0 Å². The third-order valence-electron chi connectivity index (χ3n) is 3.44. The number of hydrogen-bond acceptors (Lipinski definition) is 6. The Morgan fingerprint density at radius 3 is 2.38 bits per heavy atom. The average Bonchev–Trinajstić information content (AvgIpc) is 2.62. The number of esters is 2. The Morgan fingerprint density at radius 2 is 1.75 bits per heavy atom. The number of ether oxygens (including phenoxy) is 3. The lowest BCUT2D eigenvalue weighted by Gasteiger charge is -2.14. The van der Waals surface area contributed by atoms with Crippen LogP contribution in [-0.2, 0) is 9.53 Å². The van der Waals surface area contributed by atoms with Gasteiger partial charge < -0.3 is 19.9 Å². The van der Waals surface area contributed by atoms with Crippen molar-refractivity contribution in [3.8, 4) is 11.5 Å². The van der Waals surface area contributed by atoms with Crippen molar-refractivity contribution in [1.82, 2.24) is 0 Å². The highest BCUT2D eigenvalue weighted by Gasteiger charge is 2.17. The lowest BCUT2D eigenvalue weighted by molar-refractivity contribution is -0.141. The molecule has 6 heteroatoms. The Bertz CT molecular complexity index is 715. The minimum atomic E-state index is -0.537. The van der Waals surface area contributed by atoms with Gasteiger partial charge in [0.25, 0.3) is 0 Å². The largest absolute Gasteiger partial charge is 0.493 e. The topological polar surface area (TPSA) is 87.9 Å². The van der Waals surface area contributed by atoms with E-state index in [1.54, 1.807) is 42.5 Å². The molecule has 1 unspecified atom stereocenters. The predicted octanol–water partition coefficient (Wildman–Crippen LogP) is 2.48. The van der Waals surface area contributed by atoms with Gasteiger partial charge in [-0.05, 0) is 29.8 Å². The fourth-order valence-electron chi connectivity index (χ4n) is 2.11. The van der Waals surface area contributed by atoms with Crippen LogP contribution in [0.15, 0.2) is 48.5 Å². The van der Waals surface area contributed by atoms with Crippen molar-refractivity contribution in [2.24, 2.45) is 5.73 Å². The molecule has 1 atom stereocenters. The second-order valence-electron chi connectivity index (χ2n) is 5.05. The molecule has 0 aliphatic rings. The maximum atomic E-state index is 12.1. The molecule has 0 aliphatic heterocycles. The van der Waals surface area contributed by atoms with Gasteiger partial charge in [-0.25, -0.2) is 4.79 Å². The number of methoxy groups -OCH3 is 2. The van der Waals surface area contributed by atoms with Gasteiger partial charge in [-0.3, -0.25) is 4.79 Å². The summed E-state index contributed by atoms with van der Waals surface area (Å²) in [5.41, 5.74) is 7.09. The minimum Gasteiger partial charge on any atom is -0.493 e. The quantitative estimate of drug-likeness (QED) is 0.647. The normalized spacial score (nSPS) is 11.5. The van der Waals surface area contributed by atoms with Crippen molar-refractivity contribution >= 4 is 11.9 Å². The fraction of sp³-hybridized carbons (Fsp3) is 0.222. The first kappa shape index (κ1) is 17.5. The van der Waals surface area contributed by atoms with Crippen LogP contribution in [0.3, 0.4) is 0 Å². The molecule has 2 aromatic rings. The van der Waals surface area contributed by atoms with E-state index in [0.717, 1.165) is 0 Å². The van der Waals surface area contributed by atoms with E-state index in [9.17, 15) is 9.59 Å². The highest BCUT2D eigenvalue weighted by molar-refractivity contribution is 5.91. The smallest absolute Gasteiger partial charge is 0.343 e. The van der Waals surface area contributed by atoms with E-state index in [0.29, 0.717) is 16.9 Å². The Hall–Kier alpha value is -2.86. The van der Waals surface area contributed by atoms with Crippen LogP contribution in [0, 0.1) is 0 Å². The van der Waals surface area contributed by atoms with Gasteiger partial charge in [0.15, 0.2) is 11.5 Å². The maximum Gasteiger partial charge on any atom is 0.343 e. The first-order chi connectivity index (χ1) is 11.5. The number of nitrogens with two attached hydrogens (primary N) is 1. The molecule has 2 aromatic carbocycles. The summed E-state index contributed by atoms with van der Waals surface area (Å²) in [4.78, 5) is 23.4. The standard InChI is InChI=1S/C18H19NO5/c1-22-16-10-13(14(19)11-17(20)23-2)8-9-15(16)24-18(21)12-6-4-3-5-7-12/h3-10,14H,11,19H2,1-2H3. The van der Waals surface area contributed by atoms with Crippen molar-refractivity contribution in [2.75, 3.05) is 14.2 Å². The molecule has 2 rings (SSSR count). The lowest BCUT2D eigenvalue weighted by atomic mass is 10.0. The number of benzene rings is 2. The van der Waals surface area contributed by atoms with E-state index < -0.39 is 18.0 Å². The highest BCUT2D eigenvalue weighted by Crippen LogP contribution is 2.31. The summed E-state index contributed by atoms with van der Waals surface area (Å²) in [5, 5.41) is 0. The molecular weight excluding hydrogens is 310 g/mol. The third-order valence-corrected chi connectivity index (χ3v) is 3.44. The van der Waals surface area contributed by atoms with Gasteiger partial charge in [0, 0.05) is 6.04 Å². The Morgan fingerprint density at radius 1 is 1.04 bits per heavy atom. The van der Waals surface area contributed by atoms with Gasteiger partial charge in [0.2, 0.25) is 0 Å². The molecule has 126 valence electrons. The van der Waals surface area contributed by atoms with Crippen molar-refractivity contribution < 1.29 is 23.8 Å². The molecule has 0 saturated heterocycles. The van der Waals surface area contributed by atoms with Crippen LogP contribution in [0.5, 0.6) is 11.5 Å². The highest BCUT2D eigenvalue weighted by atomic mass is 16.6. The summed E-state index contributed by atoms with van der Waals surface area (Å²) in [5.74, 6) is -0.251. The van der Waals surface area contributed by atoms with E-state index in [1.807, 2.05) is 6.07 Å². The molecule has 0 bridgehead atoms. The van der Waals surface area contributed by atoms with Gasteiger partial charge in [0.05, 0.1) is 26.2 Å². The molecule has 2 N–H and O–H groups in total. The number of rotatable bonds is 6. The van der Waals surface area contributed by atoms with Gasteiger partial charge in [0.1, 0.15) is 0 Å². The summed E-state index contributed by atoms with van der Waals surface area (Å²) in [7, 11) is 2.77. The lowest BCUT2D eigenvalue weighted by Crippen LogP contribution is -2.16. The molecular formula is C18H19NO5. The molecule has 0 amide bonds. The summed E-state index contributed by atoms with van der Waals surface area (Å²) < 4.78 is 15.2. The van der Waals surface area contributed by atoms with Crippen molar-refractivity contribution in [1.29, 1.82) is 0 Å². The monoisotopic (exact) mass is 329 g/mol. The van der Waals surface area contributed by atoms with Crippen LogP contribution in [0.25, 0.3) is 0 Å². The summed E-state index contributed by atoms with van der Waals surface area (Å²) in [6.45, 7) is 0. The number of carbonyl (C=O) groups is 2. The van der Waals surface area contributed by atoms with Gasteiger partial charge in [-0.1, -0.05) is 24.3 Å². The van der Waals surface area contributed by atoms with Crippen LogP contribution in [0.1, 0.15) is 28.4 Å². The minimum absolute atomic E-state index is 0.0444. The van der Waals surface area contributed by atoms with Crippen LogP contribution in [0.2, 0.25) is 0 Å². The molecule has 0 aliphatic carbocycles. The van der Waals surface area contributed by atoms with E-state index in [2.05, 4.69) is 4.74 Å². The van der Waals surface area contributed by atoms with Crippen LogP contribution in [0.4, 0.5) is 0 Å². The molecule has 0 spiro atoms. The van der Waals surface area contributed by atoms with Gasteiger partial charge in [-0.15, -0.1) is 0 Å². The van der Waals surface area contributed by atoms with E-state index >= 15 is 0 Å². The van der Waals surface area contributed by atoms with E-state index in [1.165, 1.54) is 14.2 Å². The van der Waals surface area contributed by atoms with Gasteiger partial charge >= 0.3 is 11.9 Å². The Kier molecular flexibility index (Phi) is 5.92. The van der Waals surface area contributed by atoms with Crippen molar-refractivity contribution in [3.05, 3.63) is 59.7 Å². The summed E-state index contributed by atoms with van der Waals surface area (Å²) in [6.07, 6.45) is 0.0444. The SMILES string of the molecule is COC(=O)CC(N)c1ccc(OC(=O)c2ccccc2)c(OC)c1. The molecule has 0 radical (unpaired) electrons. The second-order valence-corrected chi connectivity index (χ2v) is 5.05. The predicted molar refractivity (Wildman–Crippen MR) is 88.0 cm³/mol. The third kappa shape index (κ3) is 4.33. The van der Waals surface area contributed by atoms with E-state index in [4.69, 9.17) is 15.2 Å². The van der Waals surface area contributed by atoms with Gasteiger partial charge in [-0.2, -0.15) is 0 Å². The molecule has 6 nitrogen and oxygen atoms in total. The molecule has 0 saturated carbocycles. The Labute approximate surface area is 140 Å². The van der Waals surface area contributed by atoms with Crippen LogP contribution >= 0.6 is 0 Å². The zero-order valence-corrected chi connectivity index (χ0v) is 13.5. The first-order valence-electron chi connectivity index (χ1n) is 7.32. The summed E-state index contributed by atoms with van der Waals surface area (Å²) >= 11 is 0. The fourth-order valence-corrected chi connectivity index (χ4v) is 2.11. The van der Waals surface area contributed by atoms with E-state index in [-0.39, 0.29) is 12.2 Å². The number of hydrogen-bond donors (Lipinski definition) is 1. The second kappa shape index (κ2) is 8.12. The summed E-state index contributed by atoms with van der Waals surface area (Å²) in [6, 6.07) is 13.0. The Balaban J connectivity index is 2.17. The molecule has 0 fully saturated rings. The van der Waals surface area contributed by atoms with Crippen molar-refractivity contribution in [2.45, 2.75) is 12.5 Å². The average molecular weight is 329 g/mol. The van der Waals surface area contributed by atoms with Crippen LogP contribution in [-0.4, -0.2) is 26.2 Å². The molecule has 0 aromatic heterocycles. The number of carbonyl (C=O) groups excluding carboxylic acids is 2. The zero-order valence-electron chi connectivity index (χ0n) is 13.5. The molecule has 24 heavy (non-hydrogen) atoms. The molecule has 0 heterocycles. The van der Waals surface area contributed by atoms with Crippen LogP contribution < -0.4 is 15.2 Å². The maximum absolute atomic E-state index is 12.1. The first-order valence-corrected chi connectivity index (χ1v) is 7.32.